The molecule has 4 heterocycles. The van der Waals surface area contributed by atoms with Crippen LogP contribution in [-0.4, -0.2) is 68.4 Å². The minimum absolute atomic E-state index is 0.0670. The van der Waals surface area contributed by atoms with Crippen LogP contribution in [0.4, 0.5) is 10.6 Å². The van der Waals surface area contributed by atoms with Gasteiger partial charge in [0.05, 0.1) is 5.69 Å². The van der Waals surface area contributed by atoms with Crippen LogP contribution in [0, 0.1) is 13.8 Å². The predicted octanol–water partition coefficient (Wildman–Crippen LogP) is 1.07. The van der Waals surface area contributed by atoms with E-state index in [-0.39, 0.29) is 12.5 Å². The van der Waals surface area contributed by atoms with Gasteiger partial charge in [-0.05, 0) is 26.0 Å². The van der Waals surface area contributed by atoms with Crippen molar-refractivity contribution in [2.75, 3.05) is 31.1 Å². The summed E-state index contributed by atoms with van der Waals surface area (Å²) >= 11 is 0. The highest BCUT2D eigenvalue weighted by molar-refractivity contribution is 5.74. The molecule has 1 fully saturated rings. The quantitative estimate of drug-likeness (QED) is 0.624. The molecular formula is C18H23N7O4. The fraction of sp³-hybridized carbons (Fsp3) is 0.389. The largest absolute Gasteiger partial charge is 0.483 e. The summed E-state index contributed by atoms with van der Waals surface area (Å²) in [5.41, 5.74) is 2.58. The van der Waals surface area contributed by atoms with Crippen molar-refractivity contribution in [1.82, 2.24) is 30.0 Å². The van der Waals surface area contributed by atoms with Crippen LogP contribution in [0.2, 0.25) is 0 Å². The van der Waals surface area contributed by atoms with Gasteiger partial charge in [-0.2, -0.15) is 0 Å². The summed E-state index contributed by atoms with van der Waals surface area (Å²) in [7, 11) is 0. The zero-order valence-electron chi connectivity index (χ0n) is 16.3. The van der Waals surface area contributed by atoms with Gasteiger partial charge in [-0.15, -0.1) is 5.10 Å². The van der Waals surface area contributed by atoms with Crippen molar-refractivity contribution < 1.29 is 19.2 Å². The van der Waals surface area contributed by atoms with Crippen molar-refractivity contribution in [1.29, 1.82) is 0 Å². The van der Waals surface area contributed by atoms with E-state index in [4.69, 9.17) is 14.4 Å². The first-order valence-electron chi connectivity index (χ1n) is 9.11. The number of aromatic nitrogens is 4. The zero-order valence-corrected chi connectivity index (χ0v) is 16.3. The Kier molecular flexibility index (Phi) is 6.27. The molecule has 0 atom stereocenters. The van der Waals surface area contributed by atoms with E-state index >= 15 is 0 Å². The van der Waals surface area contributed by atoms with Gasteiger partial charge in [-0.3, -0.25) is 4.79 Å². The summed E-state index contributed by atoms with van der Waals surface area (Å²) in [6.07, 6.45) is 3.56. The third-order valence-electron chi connectivity index (χ3n) is 4.73. The Hall–Kier alpha value is -3.63. The van der Waals surface area contributed by atoms with E-state index in [1.54, 1.807) is 10.7 Å². The number of fused-ring (bicyclic) bond motifs is 1. The minimum atomic E-state index is -0.250. The van der Waals surface area contributed by atoms with E-state index in [0.717, 1.165) is 41.6 Å². The first-order valence-corrected chi connectivity index (χ1v) is 9.11. The highest BCUT2D eigenvalue weighted by Crippen LogP contribution is 2.15. The molecular weight excluding hydrogens is 378 g/mol. The number of nitrogens with zero attached hydrogens (tertiary/aromatic N) is 6. The standard InChI is InChI=1S/C17H21N7O2.CH2O2/c1-12-14(13(2)26-21-12)11-19-17(25)23-9-7-22(8-10-23)16-4-3-15-18-5-6-24(15)20-16;2-1-3/h3-6H,7-11H2,1-2H3,(H,19,25);1H,(H,2,3). The Morgan fingerprint density at radius 1 is 1.28 bits per heavy atom. The number of carbonyl (C=O) groups is 2. The maximum atomic E-state index is 12.4. The molecule has 1 saturated heterocycles. The number of rotatable bonds is 3. The molecule has 11 heteroatoms. The molecule has 0 unspecified atom stereocenters. The molecule has 29 heavy (non-hydrogen) atoms. The minimum Gasteiger partial charge on any atom is -0.483 e. The van der Waals surface area contributed by atoms with Gasteiger partial charge in [0.2, 0.25) is 0 Å². The smallest absolute Gasteiger partial charge is 0.317 e. The van der Waals surface area contributed by atoms with Gasteiger partial charge < -0.3 is 24.7 Å². The van der Waals surface area contributed by atoms with Gasteiger partial charge in [0.15, 0.2) is 5.65 Å². The Morgan fingerprint density at radius 3 is 2.66 bits per heavy atom. The van der Waals surface area contributed by atoms with Crippen molar-refractivity contribution in [2.24, 2.45) is 0 Å². The third kappa shape index (κ3) is 4.62. The number of aryl methyl sites for hydroxylation is 2. The molecule has 0 radical (unpaired) electrons. The number of anilines is 1. The molecule has 11 nitrogen and oxygen atoms in total. The third-order valence-corrected chi connectivity index (χ3v) is 4.73. The second-order valence-electron chi connectivity index (χ2n) is 6.46. The maximum absolute atomic E-state index is 12.4. The van der Waals surface area contributed by atoms with Crippen molar-refractivity contribution >= 4 is 24.0 Å². The van der Waals surface area contributed by atoms with Crippen LogP contribution < -0.4 is 10.2 Å². The zero-order chi connectivity index (χ0) is 20.8. The van der Waals surface area contributed by atoms with Crippen LogP contribution in [0.15, 0.2) is 29.0 Å². The predicted molar refractivity (Wildman–Crippen MR) is 104 cm³/mol. The number of amides is 2. The van der Waals surface area contributed by atoms with Gasteiger partial charge in [0.1, 0.15) is 11.6 Å². The van der Waals surface area contributed by atoms with Crippen LogP contribution in [0.3, 0.4) is 0 Å². The first kappa shape index (κ1) is 20.1. The van der Waals surface area contributed by atoms with Crippen LogP contribution >= 0.6 is 0 Å². The maximum Gasteiger partial charge on any atom is 0.317 e. The van der Waals surface area contributed by atoms with E-state index in [0.29, 0.717) is 19.6 Å². The average molecular weight is 401 g/mol. The summed E-state index contributed by atoms with van der Waals surface area (Å²) in [6.45, 7) is 6.69. The number of hydrogen-bond acceptors (Lipinski definition) is 7. The van der Waals surface area contributed by atoms with Gasteiger partial charge in [-0.25, -0.2) is 14.3 Å². The van der Waals surface area contributed by atoms with Gasteiger partial charge in [-0.1, -0.05) is 5.16 Å². The van der Waals surface area contributed by atoms with E-state index in [9.17, 15) is 4.79 Å². The fourth-order valence-corrected chi connectivity index (χ4v) is 3.14. The molecule has 0 saturated carbocycles. The lowest BCUT2D eigenvalue weighted by Gasteiger charge is -2.35. The summed E-state index contributed by atoms with van der Waals surface area (Å²) in [6, 6.07) is 3.85. The Morgan fingerprint density at radius 2 is 2.00 bits per heavy atom. The first-order chi connectivity index (χ1) is 14.0. The normalized spacial score (nSPS) is 13.7. The molecule has 0 spiro atoms. The van der Waals surface area contributed by atoms with Gasteiger partial charge >= 0.3 is 6.03 Å². The van der Waals surface area contributed by atoms with Crippen molar-refractivity contribution in [2.45, 2.75) is 20.4 Å². The van der Waals surface area contributed by atoms with E-state index in [2.05, 4.69) is 25.5 Å². The lowest BCUT2D eigenvalue weighted by atomic mass is 10.2. The second kappa shape index (κ2) is 9.04. The molecule has 154 valence electrons. The SMILES string of the molecule is Cc1noc(C)c1CNC(=O)N1CCN(c2ccc3nccn3n2)CC1.O=CO. The van der Waals surface area contributed by atoms with Crippen LogP contribution in [0.25, 0.3) is 5.65 Å². The molecule has 0 bridgehead atoms. The molecule has 1 aliphatic rings. The highest BCUT2D eigenvalue weighted by atomic mass is 16.5. The average Bonchev–Trinajstić information content (AvgIpc) is 3.32. The topological polar surface area (TPSA) is 129 Å². The molecule has 3 aromatic rings. The number of hydrogen-bond donors (Lipinski definition) is 2. The van der Waals surface area contributed by atoms with E-state index < -0.39 is 0 Å². The van der Waals surface area contributed by atoms with Gasteiger partial charge in [0.25, 0.3) is 6.47 Å². The van der Waals surface area contributed by atoms with Crippen LogP contribution in [-0.2, 0) is 11.3 Å². The van der Waals surface area contributed by atoms with Gasteiger partial charge in [0, 0.05) is 50.7 Å². The second-order valence-corrected chi connectivity index (χ2v) is 6.46. The van der Waals surface area contributed by atoms with Crippen molar-refractivity contribution in [3.8, 4) is 0 Å². The molecule has 1 aliphatic heterocycles. The molecule has 0 aromatic carbocycles. The number of piperazine rings is 1. The van der Waals surface area contributed by atoms with Crippen molar-refractivity contribution in [3.63, 3.8) is 0 Å². The summed E-state index contributed by atoms with van der Waals surface area (Å²) in [5, 5.41) is 18.3. The lowest BCUT2D eigenvalue weighted by Crippen LogP contribution is -2.52. The molecule has 2 amide bonds. The molecule has 0 aliphatic carbocycles. The highest BCUT2D eigenvalue weighted by Gasteiger charge is 2.22. The summed E-state index contributed by atoms with van der Waals surface area (Å²) in [5.74, 6) is 1.64. The van der Waals surface area contributed by atoms with Crippen molar-refractivity contribution in [3.05, 3.63) is 41.5 Å². The number of urea groups is 1. The number of carboxylic acid groups (broad SMARTS) is 1. The Bertz CT molecular complexity index is 956. The Balaban J connectivity index is 0.000000755. The monoisotopic (exact) mass is 401 g/mol. The number of carbonyl (C=O) groups excluding carboxylic acids is 1. The number of imidazole rings is 1. The molecule has 2 N–H and O–H groups in total. The number of nitrogens with one attached hydrogen (secondary N) is 1. The van der Waals surface area contributed by atoms with Crippen LogP contribution in [0.1, 0.15) is 17.0 Å². The summed E-state index contributed by atoms with van der Waals surface area (Å²) in [4.78, 5) is 29.0. The van der Waals surface area contributed by atoms with E-state index in [1.165, 1.54) is 0 Å². The fourth-order valence-electron chi connectivity index (χ4n) is 3.14. The summed E-state index contributed by atoms with van der Waals surface area (Å²) < 4.78 is 6.89. The molecule has 4 rings (SSSR count). The molecule has 3 aromatic heterocycles. The van der Waals surface area contributed by atoms with E-state index in [1.807, 2.05) is 37.1 Å². The Labute approximate surface area is 166 Å². The lowest BCUT2D eigenvalue weighted by molar-refractivity contribution is -0.122. The van der Waals surface area contributed by atoms with Crippen LogP contribution in [0.5, 0.6) is 0 Å².